The van der Waals surface area contributed by atoms with Gasteiger partial charge in [-0.2, -0.15) is 0 Å². The average Bonchev–Trinajstić information content (AvgIpc) is 2.80. The molecule has 0 aliphatic carbocycles. The van der Waals surface area contributed by atoms with Gasteiger partial charge >= 0.3 is 5.97 Å². The van der Waals surface area contributed by atoms with Crippen molar-refractivity contribution in [3.05, 3.63) is 35.4 Å². The summed E-state index contributed by atoms with van der Waals surface area (Å²) in [4.78, 5) is 43.9. The third-order valence-corrected chi connectivity index (χ3v) is 4.89. The van der Waals surface area contributed by atoms with Crippen LogP contribution in [0.3, 0.4) is 0 Å². The van der Waals surface area contributed by atoms with Crippen molar-refractivity contribution in [2.75, 3.05) is 26.3 Å². The van der Waals surface area contributed by atoms with Crippen molar-refractivity contribution >= 4 is 17.8 Å². The molecule has 2 saturated heterocycles. The summed E-state index contributed by atoms with van der Waals surface area (Å²) in [6, 6.07) is 6.90. The highest BCUT2D eigenvalue weighted by atomic mass is 16.7. The van der Waals surface area contributed by atoms with E-state index in [-0.39, 0.29) is 17.0 Å². The van der Waals surface area contributed by atoms with Gasteiger partial charge in [0.15, 0.2) is 0 Å². The minimum absolute atomic E-state index is 0.271. The van der Waals surface area contributed by atoms with E-state index in [0.29, 0.717) is 24.2 Å². The molecule has 2 amide bonds. The van der Waals surface area contributed by atoms with Gasteiger partial charge in [0.25, 0.3) is 11.8 Å². The van der Waals surface area contributed by atoms with Gasteiger partial charge in [0.05, 0.1) is 17.0 Å². The fourth-order valence-electron chi connectivity index (χ4n) is 3.42. The second kappa shape index (κ2) is 5.99. The number of likely N-dealkylation sites (tertiary alicyclic amines) is 1. The topological polar surface area (TPSA) is 76.2 Å². The number of rotatable bonds is 3. The van der Waals surface area contributed by atoms with Crippen LogP contribution in [0.1, 0.15) is 33.6 Å². The molecule has 0 N–H and O–H groups in total. The molecule has 24 heavy (non-hydrogen) atoms. The normalized spacial score (nSPS) is 22.4. The molecule has 0 atom stereocenters. The summed E-state index contributed by atoms with van der Waals surface area (Å²) in [5, 5.41) is 0.587. The molecule has 0 bridgehead atoms. The van der Waals surface area contributed by atoms with Crippen molar-refractivity contribution in [3.63, 3.8) is 0 Å². The van der Waals surface area contributed by atoms with Crippen LogP contribution in [0.4, 0.5) is 0 Å². The van der Waals surface area contributed by atoms with Crippen molar-refractivity contribution in [2.45, 2.75) is 18.9 Å². The Hall–Kier alpha value is -2.25. The maximum atomic E-state index is 12.2. The van der Waals surface area contributed by atoms with Crippen LogP contribution in [0.5, 0.6) is 0 Å². The summed E-state index contributed by atoms with van der Waals surface area (Å²) in [6.45, 7) is 2.72. The zero-order valence-electron chi connectivity index (χ0n) is 13.1. The molecule has 0 saturated carbocycles. The number of nitrogens with zero attached hydrogens (tertiary/aromatic N) is 2. The first-order valence-electron chi connectivity index (χ1n) is 8.16. The number of amides is 2. The largest absolute Gasteiger partial charge is 0.381 e. The third kappa shape index (κ3) is 2.50. The lowest BCUT2D eigenvalue weighted by Crippen LogP contribution is -2.57. The van der Waals surface area contributed by atoms with Gasteiger partial charge in [-0.15, -0.1) is 0 Å². The van der Waals surface area contributed by atoms with E-state index in [0.717, 1.165) is 26.1 Å². The van der Waals surface area contributed by atoms with Crippen molar-refractivity contribution in [2.24, 2.45) is 5.92 Å². The number of carbonyl (C=O) groups excluding carboxylic acids is 3. The molecule has 2 fully saturated rings. The molecule has 3 heterocycles. The number of benzene rings is 1. The van der Waals surface area contributed by atoms with Crippen molar-refractivity contribution in [1.29, 1.82) is 0 Å². The molecular weight excluding hydrogens is 312 g/mol. The Morgan fingerprint density at radius 3 is 2.21 bits per heavy atom. The molecule has 3 aliphatic heterocycles. The minimum atomic E-state index is -0.579. The van der Waals surface area contributed by atoms with E-state index in [1.165, 1.54) is 0 Å². The number of imide groups is 1. The molecule has 3 aliphatic rings. The van der Waals surface area contributed by atoms with E-state index in [4.69, 9.17) is 9.57 Å². The summed E-state index contributed by atoms with van der Waals surface area (Å²) >= 11 is 0. The van der Waals surface area contributed by atoms with Crippen LogP contribution in [0.2, 0.25) is 0 Å². The zero-order valence-corrected chi connectivity index (χ0v) is 13.1. The van der Waals surface area contributed by atoms with E-state index in [9.17, 15) is 14.4 Å². The van der Waals surface area contributed by atoms with Gasteiger partial charge in [0.2, 0.25) is 0 Å². The molecule has 1 aromatic rings. The number of ether oxygens (including phenoxy) is 1. The average molecular weight is 330 g/mol. The third-order valence-electron chi connectivity index (χ3n) is 4.89. The lowest BCUT2D eigenvalue weighted by molar-refractivity contribution is -0.181. The van der Waals surface area contributed by atoms with Gasteiger partial charge in [-0.05, 0) is 25.0 Å². The van der Waals surface area contributed by atoms with Crippen LogP contribution in [0.15, 0.2) is 24.3 Å². The van der Waals surface area contributed by atoms with E-state index in [2.05, 4.69) is 4.90 Å². The Kier molecular flexibility index (Phi) is 3.82. The monoisotopic (exact) mass is 330 g/mol. The standard InChI is InChI=1S/C17H18N2O5/c20-15-13-3-1-2-4-14(13)16(21)19(15)24-17(22)11-9-18(10-11)12-5-7-23-8-6-12/h1-4,11-12H,5-10H2. The molecule has 7 heteroatoms. The molecule has 0 spiro atoms. The fourth-order valence-corrected chi connectivity index (χ4v) is 3.42. The van der Waals surface area contributed by atoms with Crippen LogP contribution in [0.25, 0.3) is 0 Å². The minimum Gasteiger partial charge on any atom is -0.381 e. The lowest BCUT2D eigenvalue weighted by atomic mass is 9.95. The van der Waals surface area contributed by atoms with Crippen LogP contribution < -0.4 is 0 Å². The SMILES string of the molecule is O=C(ON1C(=O)c2ccccc2C1=O)C1CN(C2CCOCC2)C1. The molecule has 4 rings (SSSR count). The van der Waals surface area contributed by atoms with Crippen LogP contribution in [-0.2, 0) is 14.4 Å². The first-order valence-corrected chi connectivity index (χ1v) is 8.16. The smallest absolute Gasteiger partial charge is 0.338 e. The van der Waals surface area contributed by atoms with Gasteiger partial charge in [0, 0.05) is 32.3 Å². The Morgan fingerprint density at radius 1 is 1.04 bits per heavy atom. The molecule has 126 valence electrons. The molecule has 7 nitrogen and oxygen atoms in total. The van der Waals surface area contributed by atoms with Crippen LogP contribution in [0, 0.1) is 5.92 Å². The highest BCUT2D eigenvalue weighted by Gasteiger charge is 2.43. The van der Waals surface area contributed by atoms with Gasteiger partial charge in [-0.3, -0.25) is 14.5 Å². The highest BCUT2D eigenvalue weighted by molar-refractivity contribution is 6.20. The molecular formula is C17H18N2O5. The van der Waals surface area contributed by atoms with Crippen molar-refractivity contribution in [3.8, 4) is 0 Å². The first-order chi connectivity index (χ1) is 11.6. The maximum Gasteiger partial charge on any atom is 0.338 e. The second-order valence-electron chi connectivity index (χ2n) is 6.35. The number of carbonyl (C=O) groups is 3. The summed E-state index contributed by atoms with van der Waals surface area (Å²) in [6.07, 6.45) is 1.94. The molecule has 1 aromatic carbocycles. The zero-order chi connectivity index (χ0) is 16.7. The van der Waals surface area contributed by atoms with Gasteiger partial charge in [-0.1, -0.05) is 17.2 Å². The van der Waals surface area contributed by atoms with E-state index in [1.807, 2.05) is 0 Å². The Morgan fingerprint density at radius 2 is 1.62 bits per heavy atom. The summed E-state index contributed by atoms with van der Waals surface area (Å²) < 4.78 is 5.34. The molecule has 0 aromatic heterocycles. The summed E-state index contributed by atoms with van der Waals surface area (Å²) in [7, 11) is 0. The fraction of sp³-hybridized carbons (Fsp3) is 0.471. The molecule has 0 unspecified atom stereocenters. The second-order valence-corrected chi connectivity index (χ2v) is 6.35. The van der Waals surface area contributed by atoms with Crippen molar-refractivity contribution < 1.29 is 24.0 Å². The van der Waals surface area contributed by atoms with Crippen molar-refractivity contribution in [1.82, 2.24) is 9.96 Å². The summed E-state index contributed by atoms with van der Waals surface area (Å²) in [5.74, 6) is -1.97. The highest BCUT2D eigenvalue weighted by Crippen LogP contribution is 2.27. The summed E-state index contributed by atoms with van der Waals surface area (Å²) in [5.41, 5.74) is 0.542. The number of hydrogen-bond acceptors (Lipinski definition) is 6. The van der Waals surface area contributed by atoms with Gasteiger partial charge in [0.1, 0.15) is 0 Å². The van der Waals surface area contributed by atoms with Crippen LogP contribution >= 0.6 is 0 Å². The Labute approximate surface area is 139 Å². The van der Waals surface area contributed by atoms with E-state index < -0.39 is 17.8 Å². The lowest BCUT2D eigenvalue weighted by Gasteiger charge is -2.44. The predicted octanol–water partition coefficient (Wildman–Crippen LogP) is 0.852. The van der Waals surface area contributed by atoms with E-state index in [1.54, 1.807) is 24.3 Å². The van der Waals surface area contributed by atoms with Gasteiger partial charge < -0.3 is 9.57 Å². The van der Waals surface area contributed by atoms with Crippen LogP contribution in [-0.4, -0.2) is 60.1 Å². The molecule has 0 radical (unpaired) electrons. The quantitative estimate of drug-likeness (QED) is 0.765. The van der Waals surface area contributed by atoms with Gasteiger partial charge in [-0.25, -0.2) is 4.79 Å². The predicted molar refractivity (Wildman–Crippen MR) is 81.9 cm³/mol. The first kappa shape index (κ1) is 15.3. The number of fused-ring (bicyclic) bond motifs is 1. The number of hydroxylamine groups is 2. The number of hydrogen-bond donors (Lipinski definition) is 0. The Balaban J connectivity index is 1.35. The maximum absolute atomic E-state index is 12.2. The van der Waals surface area contributed by atoms with E-state index >= 15 is 0 Å². The Bertz CT molecular complexity index is 657.